The Labute approximate surface area is 390 Å². The SMILES string of the molecule is Cn1ccnc1-c1[c-]c2c(cc1)Oc1cccc3c1B2c1[c-]c(-c2[c-]oc(-c4[c-]c5c(cc4)Sc4cccc6c4B5c4[c-]c(-c5nccn5C)ccc4S6)[c-]2)ccc1O3.[Pt].[Pt]. The number of rotatable bonds is 4. The van der Waals surface area contributed by atoms with Crippen LogP contribution < -0.4 is 42.3 Å². The van der Waals surface area contributed by atoms with E-state index in [0.29, 0.717) is 11.3 Å². The second-order valence-electron chi connectivity index (χ2n) is 15.0. The molecule has 4 aliphatic heterocycles. The first kappa shape index (κ1) is 38.7. The quantitative estimate of drug-likeness (QED) is 0.150. The molecule has 7 nitrogen and oxygen atoms in total. The van der Waals surface area contributed by atoms with Crippen LogP contribution in [0.2, 0.25) is 0 Å². The van der Waals surface area contributed by atoms with Gasteiger partial charge in [0.2, 0.25) is 13.4 Å². The van der Waals surface area contributed by atoms with Crippen LogP contribution in [0.15, 0.2) is 134 Å². The summed E-state index contributed by atoms with van der Waals surface area (Å²) < 4.78 is 23.2. The average molecular weight is 1180 g/mol. The third-order valence-corrected chi connectivity index (χ3v) is 13.8. The van der Waals surface area contributed by atoms with E-state index in [-0.39, 0.29) is 55.6 Å². The molecule has 0 radical (unpaired) electrons. The van der Waals surface area contributed by atoms with Gasteiger partial charge in [-0.15, -0.1) is 129 Å². The van der Waals surface area contributed by atoms with Crippen LogP contribution in [0.1, 0.15) is 0 Å². The molecule has 0 saturated carbocycles. The van der Waals surface area contributed by atoms with Crippen LogP contribution in [-0.4, -0.2) is 32.5 Å². The molecule has 0 N–H and O–H groups in total. The van der Waals surface area contributed by atoms with E-state index in [4.69, 9.17) is 13.9 Å². The molecule has 0 bridgehead atoms. The van der Waals surface area contributed by atoms with Gasteiger partial charge in [0.25, 0.3) is 0 Å². The molecule has 3 aromatic heterocycles. The van der Waals surface area contributed by atoms with Gasteiger partial charge in [-0.2, -0.15) is 0 Å². The standard InChI is InChI=1S/C48H24B2N4O3S2.2Pt/c1-53-19-17-51-47(53)29-10-14-37-33(23-29)49-32-21-27(9-13-36(32)56-38-5-3-6-39(57-37)45(38)49)31-25-40(55-26-31)28-11-15-41-34(22-28)50-35-24-30(48-52-18-20-54(48)2)12-16-42(35)59-44-8-4-7-43(58-41)46(44)50;;/h3-20H,1-2H3;;/q-6;;. The number of hydrogen-bond acceptors (Lipinski definition) is 7. The van der Waals surface area contributed by atoms with E-state index in [1.807, 2.05) is 84.3 Å². The van der Waals surface area contributed by atoms with Gasteiger partial charge >= 0.3 is 0 Å². The zero-order valence-electron chi connectivity index (χ0n) is 32.0. The number of hydrogen-bond donors (Lipinski definition) is 0. The number of nitrogens with zero attached hydrogens (tertiary/aromatic N) is 4. The van der Waals surface area contributed by atoms with Gasteiger partial charge < -0.3 is 40.2 Å². The number of fused-ring (bicyclic) bond motifs is 8. The smallest absolute Gasteiger partial charge is 0.218 e. The Kier molecular flexibility index (Phi) is 9.36. The summed E-state index contributed by atoms with van der Waals surface area (Å²) in [5, 5.41) is 0. The molecule has 0 unspecified atom stereocenters. The minimum absolute atomic E-state index is 0. The Bertz CT molecular complexity index is 3030. The van der Waals surface area contributed by atoms with E-state index in [1.165, 1.54) is 20.1 Å². The van der Waals surface area contributed by atoms with Gasteiger partial charge in [-0.1, -0.05) is 27.7 Å². The van der Waals surface area contributed by atoms with E-state index < -0.39 is 0 Å². The van der Waals surface area contributed by atoms with E-state index in [0.717, 1.165) is 89.1 Å². The maximum atomic E-state index is 6.50. The van der Waals surface area contributed by atoms with Crippen molar-refractivity contribution < 1.29 is 56.0 Å². The van der Waals surface area contributed by atoms with Gasteiger partial charge in [0.15, 0.2) is 0 Å². The molecule has 61 heavy (non-hydrogen) atoms. The normalized spacial score (nSPS) is 13.2. The minimum atomic E-state index is -0.231. The molecule has 0 fully saturated rings. The number of ether oxygens (including phenoxy) is 2. The van der Waals surface area contributed by atoms with Crippen LogP contribution in [-0.2, 0) is 56.2 Å². The largest absolute Gasteiger partial charge is 0.631 e. The molecular weight excluding hydrogens is 1160 g/mol. The average Bonchev–Trinajstić information content (AvgIpc) is 4.05. The molecule has 0 spiro atoms. The predicted molar refractivity (Wildman–Crippen MR) is 230 cm³/mol. The predicted octanol–water partition coefficient (Wildman–Crippen LogP) is 6.38. The molecule has 0 atom stereocenters. The molecular formula is C48H24B2N4O3Pt2S2-6. The first-order valence-electron chi connectivity index (χ1n) is 19.1. The summed E-state index contributed by atoms with van der Waals surface area (Å²) in [7, 11) is 4.00. The number of aryl methyl sites for hydroxylation is 2. The molecule has 9 aromatic rings. The Hall–Kier alpha value is -5.17. The maximum absolute atomic E-state index is 6.50. The molecule has 0 amide bonds. The van der Waals surface area contributed by atoms with Gasteiger partial charge in [0, 0.05) is 98.0 Å². The number of benzene rings is 6. The summed E-state index contributed by atoms with van der Waals surface area (Å²) in [6, 6.07) is 47.6. The number of furan rings is 1. The second-order valence-corrected chi connectivity index (χ2v) is 17.1. The van der Waals surface area contributed by atoms with Crippen LogP contribution in [0.3, 0.4) is 0 Å². The van der Waals surface area contributed by atoms with Crippen LogP contribution in [0.5, 0.6) is 23.0 Å². The van der Waals surface area contributed by atoms with E-state index in [1.54, 1.807) is 29.7 Å². The van der Waals surface area contributed by atoms with Crippen molar-refractivity contribution >= 4 is 69.7 Å². The zero-order valence-corrected chi connectivity index (χ0v) is 38.2. The maximum Gasteiger partial charge on any atom is 0.218 e. The summed E-state index contributed by atoms with van der Waals surface area (Å²) in [5.74, 6) is 5.25. The summed E-state index contributed by atoms with van der Waals surface area (Å²) >= 11 is 3.59. The Balaban J connectivity index is 0.00000210. The van der Waals surface area contributed by atoms with Crippen molar-refractivity contribution in [3.8, 4) is 68.2 Å². The van der Waals surface area contributed by atoms with Crippen LogP contribution in [0, 0.1) is 36.6 Å². The van der Waals surface area contributed by atoms with Gasteiger partial charge in [0.05, 0.1) is 11.6 Å². The summed E-state index contributed by atoms with van der Waals surface area (Å²) in [4.78, 5) is 14.1. The Morgan fingerprint density at radius 2 is 1.02 bits per heavy atom. The van der Waals surface area contributed by atoms with Crippen LogP contribution in [0.25, 0.3) is 45.2 Å². The van der Waals surface area contributed by atoms with Crippen LogP contribution >= 0.6 is 23.5 Å². The topological polar surface area (TPSA) is 67.2 Å². The molecule has 13 heteroatoms. The van der Waals surface area contributed by atoms with E-state index >= 15 is 0 Å². The molecule has 298 valence electrons. The monoisotopic (exact) mass is 1180 g/mol. The van der Waals surface area contributed by atoms with Gasteiger partial charge in [-0.3, -0.25) is 9.97 Å². The van der Waals surface area contributed by atoms with Gasteiger partial charge in [-0.25, -0.2) is 12.1 Å². The molecule has 4 aliphatic rings. The third kappa shape index (κ3) is 5.99. The second kappa shape index (κ2) is 14.7. The molecule has 0 aliphatic carbocycles. The fraction of sp³-hybridized carbons (Fsp3) is 0.0417. The van der Waals surface area contributed by atoms with Crippen molar-refractivity contribution in [2.45, 2.75) is 19.6 Å². The number of aromatic nitrogens is 4. The van der Waals surface area contributed by atoms with Crippen LogP contribution in [0.4, 0.5) is 0 Å². The fourth-order valence-corrected chi connectivity index (χ4v) is 11.2. The van der Waals surface area contributed by atoms with Crippen molar-refractivity contribution in [1.82, 2.24) is 19.1 Å². The molecule has 6 aromatic carbocycles. The first-order chi connectivity index (χ1) is 29.0. The Morgan fingerprint density at radius 3 is 1.62 bits per heavy atom. The summed E-state index contributed by atoms with van der Waals surface area (Å²) in [6.45, 7) is -0.281. The number of imidazole rings is 2. The van der Waals surface area contributed by atoms with Crippen molar-refractivity contribution in [3.63, 3.8) is 0 Å². The first-order valence-corrected chi connectivity index (χ1v) is 20.8. The van der Waals surface area contributed by atoms with Crippen molar-refractivity contribution in [3.05, 3.63) is 146 Å². The third-order valence-electron chi connectivity index (χ3n) is 11.5. The van der Waals surface area contributed by atoms with E-state index in [9.17, 15) is 0 Å². The fourth-order valence-electron chi connectivity index (χ4n) is 8.82. The Morgan fingerprint density at radius 1 is 0.508 bits per heavy atom. The minimum Gasteiger partial charge on any atom is -0.631 e. The van der Waals surface area contributed by atoms with Crippen molar-refractivity contribution in [1.29, 1.82) is 0 Å². The molecule has 13 rings (SSSR count). The van der Waals surface area contributed by atoms with Crippen molar-refractivity contribution in [2.24, 2.45) is 14.1 Å². The summed E-state index contributed by atoms with van der Waals surface area (Å²) in [5.41, 5.74) is 10.4. The van der Waals surface area contributed by atoms with Gasteiger partial charge in [-0.05, 0) is 39.5 Å². The van der Waals surface area contributed by atoms with E-state index in [2.05, 4.69) is 89.0 Å². The zero-order chi connectivity index (χ0) is 38.9. The van der Waals surface area contributed by atoms with Crippen molar-refractivity contribution in [2.75, 3.05) is 0 Å². The van der Waals surface area contributed by atoms with Gasteiger partial charge in [0.1, 0.15) is 11.5 Å². The molecule has 7 heterocycles. The summed E-state index contributed by atoms with van der Waals surface area (Å²) in [6.07, 6.45) is 10.7. The molecule has 0 saturated heterocycles.